The number of aryl methyl sites for hydroxylation is 1. The van der Waals surface area contributed by atoms with Crippen molar-refractivity contribution < 1.29 is 4.79 Å². The second-order valence-electron chi connectivity index (χ2n) is 6.47. The minimum Gasteiger partial charge on any atom is -0.347 e. The number of amides is 1. The summed E-state index contributed by atoms with van der Waals surface area (Å²) in [6.45, 7) is 1.13. The number of hydrogen-bond donors (Lipinski definition) is 1. The van der Waals surface area contributed by atoms with Crippen molar-refractivity contribution in [2.24, 2.45) is 0 Å². The van der Waals surface area contributed by atoms with Crippen LogP contribution in [0.25, 0.3) is 10.9 Å². The lowest BCUT2D eigenvalue weighted by molar-refractivity contribution is -0.121. The molecule has 134 valence electrons. The van der Waals surface area contributed by atoms with Crippen molar-refractivity contribution in [2.45, 2.75) is 45.3 Å². The van der Waals surface area contributed by atoms with E-state index in [9.17, 15) is 9.59 Å². The van der Waals surface area contributed by atoms with Crippen LogP contribution in [-0.4, -0.2) is 30.2 Å². The Bertz CT molecular complexity index is 1010. The molecule has 1 aliphatic rings. The van der Waals surface area contributed by atoms with Gasteiger partial charge in [-0.25, -0.2) is 4.98 Å². The van der Waals surface area contributed by atoms with Crippen LogP contribution in [0.15, 0.2) is 35.4 Å². The third-order valence-electron chi connectivity index (χ3n) is 4.68. The molecule has 0 saturated heterocycles. The van der Waals surface area contributed by atoms with Crippen LogP contribution in [0, 0.1) is 0 Å². The summed E-state index contributed by atoms with van der Waals surface area (Å²) in [7, 11) is 0. The number of carbonyl (C=O) groups excluding carboxylic acids is 1. The summed E-state index contributed by atoms with van der Waals surface area (Å²) in [4.78, 5) is 28.9. The van der Waals surface area contributed by atoms with Gasteiger partial charge in [-0.3, -0.25) is 14.2 Å². The standard InChI is InChI=1S/C18H20N6O2/c25-17(11-23-12-20-14-7-4-3-6-13(14)18(23)26)19-10-16-22-21-15-8-2-1-5-9-24(15)16/h3-4,6-7,12H,1-2,5,8-11H2,(H,19,25). The molecule has 3 heterocycles. The van der Waals surface area contributed by atoms with Gasteiger partial charge in [0.05, 0.1) is 23.8 Å². The van der Waals surface area contributed by atoms with E-state index in [1.807, 2.05) is 6.07 Å². The van der Waals surface area contributed by atoms with Gasteiger partial charge in [0.1, 0.15) is 12.4 Å². The molecule has 2 aromatic heterocycles. The topological polar surface area (TPSA) is 94.7 Å². The molecular formula is C18H20N6O2. The Kier molecular flexibility index (Phi) is 4.47. The maximum atomic E-state index is 12.4. The molecule has 8 heteroatoms. The van der Waals surface area contributed by atoms with Crippen molar-refractivity contribution in [2.75, 3.05) is 0 Å². The van der Waals surface area contributed by atoms with Crippen LogP contribution in [0.1, 0.15) is 30.9 Å². The van der Waals surface area contributed by atoms with Crippen molar-refractivity contribution >= 4 is 16.8 Å². The van der Waals surface area contributed by atoms with Gasteiger partial charge < -0.3 is 9.88 Å². The molecule has 1 aromatic carbocycles. The quantitative estimate of drug-likeness (QED) is 0.757. The first-order valence-electron chi connectivity index (χ1n) is 8.84. The smallest absolute Gasteiger partial charge is 0.261 e. The Balaban J connectivity index is 1.44. The Hall–Kier alpha value is -3.03. The van der Waals surface area contributed by atoms with Gasteiger partial charge in [-0.05, 0) is 25.0 Å². The zero-order valence-corrected chi connectivity index (χ0v) is 14.4. The molecule has 0 spiro atoms. The number of rotatable bonds is 4. The number of benzene rings is 1. The fourth-order valence-corrected chi connectivity index (χ4v) is 3.28. The number of carbonyl (C=O) groups is 1. The van der Waals surface area contributed by atoms with Crippen molar-refractivity contribution in [1.29, 1.82) is 0 Å². The molecule has 0 atom stereocenters. The van der Waals surface area contributed by atoms with Gasteiger partial charge in [-0.2, -0.15) is 0 Å². The Morgan fingerprint density at radius 1 is 1.15 bits per heavy atom. The second kappa shape index (κ2) is 7.07. The molecule has 8 nitrogen and oxygen atoms in total. The van der Waals surface area contributed by atoms with Crippen LogP contribution in [-0.2, 0) is 30.8 Å². The van der Waals surface area contributed by atoms with E-state index in [1.54, 1.807) is 18.2 Å². The van der Waals surface area contributed by atoms with Crippen molar-refractivity contribution in [3.8, 4) is 0 Å². The molecule has 1 amide bonds. The first-order chi connectivity index (χ1) is 12.7. The van der Waals surface area contributed by atoms with E-state index in [1.165, 1.54) is 17.3 Å². The number of para-hydroxylation sites is 1. The second-order valence-corrected chi connectivity index (χ2v) is 6.47. The SMILES string of the molecule is O=C(Cn1cnc2ccccc2c1=O)NCc1nnc2n1CCCCC2. The molecule has 0 bridgehead atoms. The summed E-state index contributed by atoms with van der Waals surface area (Å²) in [5.74, 6) is 1.50. The zero-order valence-electron chi connectivity index (χ0n) is 14.4. The average molecular weight is 352 g/mol. The normalized spacial score (nSPS) is 14.0. The maximum absolute atomic E-state index is 12.4. The molecular weight excluding hydrogens is 332 g/mol. The van der Waals surface area contributed by atoms with Gasteiger partial charge in [-0.15, -0.1) is 10.2 Å². The van der Waals surface area contributed by atoms with E-state index in [0.29, 0.717) is 17.4 Å². The largest absolute Gasteiger partial charge is 0.347 e. The summed E-state index contributed by atoms with van der Waals surface area (Å²) in [5, 5.41) is 11.8. The van der Waals surface area contributed by atoms with Crippen molar-refractivity contribution in [3.05, 3.63) is 52.6 Å². The van der Waals surface area contributed by atoms with Crippen LogP contribution >= 0.6 is 0 Å². The lowest BCUT2D eigenvalue weighted by Gasteiger charge is -2.09. The number of aromatic nitrogens is 5. The highest BCUT2D eigenvalue weighted by Gasteiger charge is 2.15. The summed E-state index contributed by atoms with van der Waals surface area (Å²) in [5.41, 5.74) is 0.405. The Morgan fingerprint density at radius 2 is 2.04 bits per heavy atom. The lowest BCUT2D eigenvalue weighted by atomic mass is 10.2. The average Bonchev–Trinajstić information content (AvgIpc) is 2.89. The summed E-state index contributed by atoms with van der Waals surface area (Å²) in [6, 6.07) is 7.10. The highest BCUT2D eigenvalue weighted by Crippen LogP contribution is 2.14. The summed E-state index contributed by atoms with van der Waals surface area (Å²) < 4.78 is 3.42. The van der Waals surface area contributed by atoms with Gasteiger partial charge in [0.25, 0.3) is 5.56 Å². The third kappa shape index (κ3) is 3.22. The zero-order chi connectivity index (χ0) is 17.9. The number of nitrogens with one attached hydrogen (secondary N) is 1. The number of nitrogens with zero attached hydrogens (tertiary/aromatic N) is 5. The first-order valence-corrected chi connectivity index (χ1v) is 8.84. The fraction of sp³-hybridized carbons (Fsp3) is 0.389. The first kappa shape index (κ1) is 16.4. The molecule has 4 rings (SSSR count). The monoisotopic (exact) mass is 352 g/mol. The summed E-state index contributed by atoms with van der Waals surface area (Å²) in [6.07, 6.45) is 5.76. The van der Waals surface area contributed by atoms with Crippen LogP contribution in [0.2, 0.25) is 0 Å². The van der Waals surface area contributed by atoms with Crippen LogP contribution < -0.4 is 10.9 Å². The minimum absolute atomic E-state index is 0.0718. The fourth-order valence-electron chi connectivity index (χ4n) is 3.28. The Labute approximate surface area is 149 Å². The molecule has 0 saturated carbocycles. The van der Waals surface area contributed by atoms with E-state index in [4.69, 9.17) is 0 Å². The molecule has 1 aliphatic heterocycles. The van der Waals surface area contributed by atoms with Gasteiger partial charge >= 0.3 is 0 Å². The van der Waals surface area contributed by atoms with Crippen LogP contribution in [0.5, 0.6) is 0 Å². The number of fused-ring (bicyclic) bond motifs is 2. The van der Waals surface area contributed by atoms with E-state index in [0.717, 1.165) is 37.5 Å². The van der Waals surface area contributed by atoms with Gasteiger partial charge in [0.2, 0.25) is 5.91 Å². The molecule has 26 heavy (non-hydrogen) atoms. The highest BCUT2D eigenvalue weighted by atomic mass is 16.2. The predicted molar refractivity (Wildman–Crippen MR) is 95.4 cm³/mol. The van der Waals surface area contributed by atoms with E-state index >= 15 is 0 Å². The van der Waals surface area contributed by atoms with E-state index < -0.39 is 0 Å². The molecule has 0 fully saturated rings. The van der Waals surface area contributed by atoms with Gasteiger partial charge in [-0.1, -0.05) is 18.6 Å². The Morgan fingerprint density at radius 3 is 2.96 bits per heavy atom. The maximum Gasteiger partial charge on any atom is 0.261 e. The van der Waals surface area contributed by atoms with Crippen LogP contribution in [0.3, 0.4) is 0 Å². The molecule has 1 N–H and O–H groups in total. The van der Waals surface area contributed by atoms with Crippen LogP contribution in [0.4, 0.5) is 0 Å². The lowest BCUT2D eigenvalue weighted by Crippen LogP contribution is -2.32. The van der Waals surface area contributed by atoms with Gasteiger partial charge in [0, 0.05) is 13.0 Å². The van der Waals surface area contributed by atoms with E-state index in [2.05, 4.69) is 25.1 Å². The highest BCUT2D eigenvalue weighted by molar-refractivity contribution is 5.78. The van der Waals surface area contributed by atoms with Gasteiger partial charge in [0.15, 0.2) is 5.82 Å². The molecule has 0 radical (unpaired) electrons. The molecule has 3 aromatic rings. The van der Waals surface area contributed by atoms with E-state index in [-0.39, 0.29) is 18.0 Å². The third-order valence-corrected chi connectivity index (χ3v) is 4.68. The van der Waals surface area contributed by atoms with Crippen molar-refractivity contribution in [1.82, 2.24) is 29.6 Å². The minimum atomic E-state index is -0.254. The molecule has 0 unspecified atom stereocenters. The van der Waals surface area contributed by atoms with Crippen molar-refractivity contribution in [3.63, 3.8) is 0 Å². The molecule has 0 aliphatic carbocycles. The predicted octanol–water partition coefficient (Wildman–Crippen LogP) is 1.03. The number of hydrogen-bond acceptors (Lipinski definition) is 5. The summed E-state index contributed by atoms with van der Waals surface area (Å²) >= 11 is 0.